The zero-order valence-electron chi connectivity index (χ0n) is 16.2. The number of benzene rings is 1. The van der Waals surface area contributed by atoms with Gasteiger partial charge in [0, 0.05) is 17.3 Å². The van der Waals surface area contributed by atoms with Crippen molar-refractivity contribution in [1.29, 1.82) is 0 Å². The number of nitrogens with one attached hydrogen (secondary N) is 2. The molecule has 30 heavy (non-hydrogen) atoms. The first-order valence-electron chi connectivity index (χ1n) is 9.19. The van der Waals surface area contributed by atoms with Gasteiger partial charge in [-0.3, -0.25) is 9.89 Å². The van der Waals surface area contributed by atoms with Crippen LogP contribution in [-0.4, -0.2) is 42.6 Å². The van der Waals surface area contributed by atoms with Crippen molar-refractivity contribution in [2.75, 3.05) is 12.1 Å². The molecule has 4 aromatic rings. The summed E-state index contributed by atoms with van der Waals surface area (Å²) in [7, 11) is 0. The number of hydrogen-bond acceptors (Lipinski definition) is 7. The molecule has 10 nitrogen and oxygen atoms in total. The van der Waals surface area contributed by atoms with E-state index in [4.69, 9.17) is 9.47 Å². The van der Waals surface area contributed by atoms with E-state index in [-0.39, 0.29) is 12.7 Å². The summed E-state index contributed by atoms with van der Waals surface area (Å²) in [6.45, 7) is 4.04. The van der Waals surface area contributed by atoms with Crippen LogP contribution in [-0.2, 0) is 0 Å². The second-order valence-corrected chi connectivity index (χ2v) is 6.79. The molecule has 0 bridgehead atoms. The van der Waals surface area contributed by atoms with Crippen molar-refractivity contribution < 1.29 is 14.3 Å². The van der Waals surface area contributed by atoms with Crippen molar-refractivity contribution in [3.63, 3.8) is 0 Å². The number of H-pyrrole nitrogens is 1. The van der Waals surface area contributed by atoms with Crippen LogP contribution in [0.15, 0.2) is 42.7 Å². The van der Waals surface area contributed by atoms with Crippen LogP contribution in [0.1, 0.15) is 21.9 Å². The molecule has 0 atom stereocenters. The number of anilines is 1. The van der Waals surface area contributed by atoms with Crippen LogP contribution >= 0.6 is 0 Å². The van der Waals surface area contributed by atoms with E-state index in [2.05, 4.69) is 30.6 Å². The minimum atomic E-state index is -0.368. The number of ether oxygens (including phenoxy) is 2. The predicted octanol–water partition coefficient (Wildman–Crippen LogP) is 2.65. The van der Waals surface area contributed by atoms with Crippen LogP contribution in [0.25, 0.3) is 17.1 Å². The fourth-order valence-corrected chi connectivity index (χ4v) is 3.22. The van der Waals surface area contributed by atoms with Gasteiger partial charge in [0.05, 0.1) is 11.4 Å². The molecule has 0 saturated carbocycles. The van der Waals surface area contributed by atoms with Crippen LogP contribution in [0.4, 0.5) is 5.82 Å². The summed E-state index contributed by atoms with van der Waals surface area (Å²) >= 11 is 0. The fraction of sp³-hybridized carbons (Fsp3) is 0.150. The predicted molar refractivity (Wildman–Crippen MR) is 107 cm³/mol. The van der Waals surface area contributed by atoms with E-state index >= 15 is 0 Å². The monoisotopic (exact) mass is 403 g/mol. The molecular formula is C20H17N7O3. The number of carbonyl (C=O) groups is 1. The highest BCUT2D eigenvalue weighted by Gasteiger charge is 2.17. The van der Waals surface area contributed by atoms with E-state index in [1.54, 1.807) is 16.8 Å². The van der Waals surface area contributed by atoms with Gasteiger partial charge in [-0.1, -0.05) is 0 Å². The molecule has 150 valence electrons. The highest BCUT2D eigenvalue weighted by molar-refractivity contribution is 6.03. The summed E-state index contributed by atoms with van der Waals surface area (Å²) in [6.07, 6.45) is 1.38. The minimum Gasteiger partial charge on any atom is -0.454 e. The quantitative estimate of drug-likeness (QED) is 0.537. The van der Waals surface area contributed by atoms with Crippen molar-refractivity contribution in [2.24, 2.45) is 0 Å². The van der Waals surface area contributed by atoms with Crippen LogP contribution < -0.4 is 14.8 Å². The SMILES string of the molecule is Cc1cc(C)n(-c2cc(NC(=O)c3cc(-c4ccc5c(c4)OCO5)n[nH]3)ncn2)n1. The average molecular weight is 403 g/mol. The van der Waals surface area contributed by atoms with Gasteiger partial charge in [0.1, 0.15) is 17.8 Å². The van der Waals surface area contributed by atoms with E-state index < -0.39 is 0 Å². The third-order valence-electron chi connectivity index (χ3n) is 4.61. The number of fused-ring (bicyclic) bond motifs is 1. The molecule has 2 N–H and O–H groups in total. The number of amides is 1. The number of aryl methyl sites for hydroxylation is 2. The maximum absolute atomic E-state index is 12.7. The minimum absolute atomic E-state index is 0.200. The molecule has 1 aliphatic heterocycles. The topological polar surface area (TPSA) is 120 Å². The summed E-state index contributed by atoms with van der Waals surface area (Å²) in [4.78, 5) is 21.0. The summed E-state index contributed by atoms with van der Waals surface area (Å²) in [5.74, 6) is 1.90. The fourth-order valence-electron chi connectivity index (χ4n) is 3.22. The molecule has 0 fully saturated rings. The van der Waals surface area contributed by atoms with Gasteiger partial charge < -0.3 is 14.8 Å². The van der Waals surface area contributed by atoms with Gasteiger partial charge in [-0.05, 0) is 44.2 Å². The van der Waals surface area contributed by atoms with Crippen LogP contribution in [0.3, 0.4) is 0 Å². The van der Waals surface area contributed by atoms with Gasteiger partial charge in [-0.25, -0.2) is 14.6 Å². The molecule has 0 saturated heterocycles. The Hall–Kier alpha value is -4.21. The third-order valence-corrected chi connectivity index (χ3v) is 4.61. The Morgan fingerprint density at radius 1 is 1.10 bits per heavy atom. The largest absolute Gasteiger partial charge is 0.454 e. The van der Waals surface area contributed by atoms with Crippen molar-refractivity contribution in [2.45, 2.75) is 13.8 Å². The summed E-state index contributed by atoms with van der Waals surface area (Å²) in [6, 6.07) is 10.8. The number of nitrogens with zero attached hydrogens (tertiary/aromatic N) is 5. The molecular weight excluding hydrogens is 386 g/mol. The molecule has 5 rings (SSSR count). The summed E-state index contributed by atoms with van der Waals surface area (Å²) in [5, 5.41) is 14.1. The molecule has 0 aliphatic carbocycles. The maximum atomic E-state index is 12.7. The Labute approximate surface area is 170 Å². The Morgan fingerprint density at radius 2 is 1.97 bits per heavy atom. The van der Waals surface area contributed by atoms with E-state index in [1.165, 1.54) is 6.33 Å². The van der Waals surface area contributed by atoms with E-state index in [1.807, 2.05) is 38.1 Å². The molecule has 4 heterocycles. The molecule has 1 aromatic carbocycles. The highest BCUT2D eigenvalue weighted by Crippen LogP contribution is 2.35. The lowest BCUT2D eigenvalue weighted by atomic mass is 10.1. The van der Waals surface area contributed by atoms with Gasteiger partial charge in [0.15, 0.2) is 17.3 Å². The zero-order chi connectivity index (χ0) is 20.7. The Bertz CT molecular complexity index is 1260. The Morgan fingerprint density at radius 3 is 2.80 bits per heavy atom. The number of hydrogen-bond donors (Lipinski definition) is 2. The van der Waals surface area contributed by atoms with Crippen LogP contribution in [0, 0.1) is 13.8 Å². The first kappa shape index (κ1) is 17.9. The Balaban J connectivity index is 1.35. The summed E-state index contributed by atoms with van der Waals surface area (Å²) in [5.41, 5.74) is 3.54. The molecule has 0 unspecified atom stereocenters. The lowest BCUT2D eigenvalue weighted by Gasteiger charge is -2.06. The van der Waals surface area contributed by atoms with Gasteiger partial charge >= 0.3 is 0 Å². The molecule has 10 heteroatoms. The first-order chi connectivity index (χ1) is 14.6. The van der Waals surface area contributed by atoms with E-state index in [0.717, 1.165) is 17.0 Å². The summed E-state index contributed by atoms with van der Waals surface area (Å²) < 4.78 is 12.4. The maximum Gasteiger partial charge on any atom is 0.274 e. The standard InChI is InChI=1S/C20H17N7O3/c1-11-5-12(2)27(26-11)19-8-18(21-9-22-19)23-20(28)15-7-14(24-25-15)13-3-4-16-17(6-13)30-10-29-16/h3-9H,10H2,1-2H3,(H,24,25)(H,21,22,23,28). The molecule has 1 aliphatic rings. The van der Waals surface area contributed by atoms with Crippen molar-refractivity contribution in [1.82, 2.24) is 29.9 Å². The van der Waals surface area contributed by atoms with Gasteiger partial charge in [-0.15, -0.1) is 0 Å². The second-order valence-electron chi connectivity index (χ2n) is 6.79. The van der Waals surface area contributed by atoms with Gasteiger partial charge in [0.25, 0.3) is 5.91 Å². The van der Waals surface area contributed by atoms with Crippen LogP contribution in [0.2, 0.25) is 0 Å². The van der Waals surface area contributed by atoms with Crippen molar-refractivity contribution in [3.05, 3.63) is 59.8 Å². The zero-order valence-corrected chi connectivity index (χ0v) is 16.2. The number of carbonyl (C=O) groups excluding carboxylic acids is 1. The molecule has 0 spiro atoms. The Kier molecular flexibility index (Phi) is 4.16. The average Bonchev–Trinajstić information content (AvgIpc) is 3.47. The molecule has 0 radical (unpaired) electrons. The number of aromatic amines is 1. The molecule has 3 aromatic heterocycles. The van der Waals surface area contributed by atoms with Gasteiger partial charge in [-0.2, -0.15) is 10.2 Å². The van der Waals surface area contributed by atoms with Crippen molar-refractivity contribution >= 4 is 11.7 Å². The highest BCUT2D eigenvalue weighted by atomic mass is 16.7. The van der Waals surface area contributed by atoms with Gasteiger partial charge in [0.2, 0.25) is 6.79 Å². The molecule has 1 amide bonds. The van der Waals surface area contributed by atoms with E-state index in [0.29, 0.717) is 34.5 Å². The van der Waals surface area contributed by atoms with E-state index in [9.17, 15) is 4.79 Å². The van der Waals surface area contributed by atoms with Crippen LogP contribution in [0.5, 0.6) is 11.5 Å². The second kappa shape index (κ2) is 6.99. The lowest BCUT2D eigenvalue weighted by Crippen LogP contribution is -2.14. The normalized spacial score (nSPS) is 12.2. The number of aromatic nitrogens is 6. The first-order valence-corrected chi connectivity index (χ1v) is 9.19. The lowest BCUT2D eigenvalue weighted by molar-refractivity contribution is 0.102. The third kappa shape index (κ3) is 3.24. The number of rotatable bonds is 4. The van der Waals surface area contributed by atoms with Crippen molar-refractivity contribution in [3.8, 4) is 28.6 Å². The smallest absolute Gasteiger partial charge is 0.274 e.